The van der Waals surface area contributed by atoms with Gasteiger partial charge in [-0.2, -0.15) is 26.3 Å². The molecule has 1 aromatic carbocycles. The number of halogens is 6. The second kappa shape index (κ2) is 7.32. The number of thioether (sulfide) groups is 1. The van der Waals surface area contributed by atoms with Crippen LogP contribution in [0, 0.1) is 11.3 Å². The van der Waals surface area contributed by atoms with Crippen molar-refractivity contribution in [2.45, 2.75) is 43.9 Å². The molecule has 0 atom stereocenters. The first kappa shape index (κ1) is 20.9. The molecule has 0 heterocycles. The highest BCUT2D eigenvalue weighted by Crippen LogP contribution is 2.45. The van der Waals surface area contributed by atoms with Crippen LogP contribution in [0.4, 0.5) is 26.3 Å². The fraction of sp³-hybridized carbons (Fsp3) is 0.588. The largest absolute Gasteiger partial charge is 0.417 e. The lowest BCUT2D eigenvalue weighted by molar-refractivity contribution is -0.147. The summed E-state index contributed by atoms with van der Waals surface area (Å²) < 4.78 is 78.9. The first-order chi connectivity index (χ1) is 11.8. The molecule has 9 heteroatoms. The molecule has 2 nitrogen and oxygen atoms in total. The molecule has 0 aromatic heterocycles. The van der Waals surface area contributed by atoms with E-state index in [1.54, 1.807) is 0 Å². The SMILES string of the molecule is CC(C)(CSc1c(C(F)(F)F)cccc1C(F)(F)F)C(=O)NCC1CC1. The van der Waals surface area contributed by atoms with Gasteiger partial charge in [0.2, 0.25) is 5.91 Å². The van der Waals surface area contributed by atoms with Crippen molar-refractivity contribution >= 4 is 17.7 Å². The van der Waals surface area contributed by atoms with E-state index in [1.165, 1.54) is 13.8 Å². The fourth-order valence-corrected chi connectivity index (χ4v) is 3.57. The van der Waals surface area contributed by atoms with Crippen molar-refractivity contribution in [2.75, 3.05) is 12.3 Å². The maximum atomic E-state index is 13.2. The Morgan fingerprint density at radius 2 is 1.58 bits per heavy atom. The number of benzene rings is 1. The lowest BCUT2D eigenvalue weighted by Gasteiger charge is -2.25. The number of carbonyl (C=O) groups is 1. The Balaban J connectivity index is 2.22. The molecule has 1 aliphatic carbocycles. The second-order valence-electron chi connectivity index (χ2n) is 7.00. The van der Waals surface area contributed by atoms with E-state index in [0.717, 1.165) is 18.9 Å². The Labute approximate surface area is 151 Å². The second-order valence-corrected chi connectivity index (χ2v) is 7.99. The van der Waals surface area contributed by atoms with Crippen LogP contribution in [0.3, 0.4) is 0 Å². The topological polar surface area (TPSA) is 29.1 Å². The molecule has 0 bridgehead atoms. The van der Waals surface area contributed by atoms with Crippen molar-refractivity contribution in [3.63, 3.8) is 0 Å². The van der Waals surface area contributed by atoms with Crippen LogP contribution >= 0.6 is 11.8 Å². The van der Waals surface area contributed by atoms with Crippen LogP contribution in [0.5, 0.6) is 0 Å². The summed E-state index contributed by atoms with van der Waals surface area (Å²) in [5, 5.41) is 2.71. The molecule has 0 aliphatic heterocycles. The van der Waals surface area contributed by atoms with Crippen molar-refractivity contribution in [3.8, 4) is 0 Å². The van der Waals surface area contributed by atoms with Gasteiger partial charge in [-0.25, -0.2) is 0 Å². The number of nitrogens with one attached hydrogen (secondary N) is 1. The first-order valence-electron chi connectivity index (χ1n) is 8.01. The Morgan fingerprint density at radius 3 is 2.00 bits per heavy atom. The van der Waals surface area contributed by atoms with Gasteiger partial charge in [0.05, 0.1) is 16.5 Å². The summed E-state index contributed by atoms with van der Waals surface area (Å²) in [5.41, 5.74) is -3.79. The average Bonchev–Trinajstić information content (AvgIpc) is 3.32. The van der Waals surface area contributed by atoms with Gasteiger partial charge in [0.15, 0.2) is 0 Å². The van der Waals surface area contributed by atoms with Crippen molar-refractivity contribution in [2.24, 2.45) is 11.3 Å². The van der Waals surface area contributed by atoms with Gasteiger partial charge in [0.25, 0.3) is 0 Å². The van der Waals surface area contributed by atoms with E-state index in [1.807, 2.05) is 0 Å². The zero-order chi connectivity index (χ0) is 19.8. The molecule has 1 amide bonds. The predicted molar refractivity (Wildman–Crippen MR) is 86.7 cm³/mol. The van der Waals surface area contributed by atoms with Crippen LogP contribution in [0.15, 0.2) is 23.1 Å². The van der Waals surface area contributed by atoms with Gasteiger partial charge in [-0.05, 0) is 30.9 Å². The molecule has 1 fully saturated rings. The van der Waals surface area contributed by atoms with Gasteiger partial charge in [0, 0.05) is 17.2 Å². The molecule has 0 saturated heterocycles. The number of amides is 1. The first-order valence-corrected chi connectivity index (χ1v) is 8.99. The van der Waals surface area contributed by atoms with Gasteiger partial charge in [-0.15, -0.1) is 11.8 Å². The monoisotopic (exact) mass is 399 g/mol. The molecule has 1 N–H and O–H groups in total. The van der Waals surface area contributed by atoms with Crippen molar-refractivity contribution in [1.82, 2.24) is 5.32 Å². The average molecular weight is 399 g/mol. The zero-order valence-corrected chi connectivity index (χ0v) is 15.0. The molecule has 1 saturated carbocycles. The highest BCUT2D eigenvalue weighted by Gasteiger charge is 2.41. The van der Waals surface area contributed by atoms with E-state index >= 15 is 0 Å². The molecule has 1 aromatic rings. The summed E-state index contributed by atoms with van der Waals surface area (Å²) in [4.78, 5) is 11.3. The van der Waals surface area contributed by atoms with Gasteiger partial charge in [0.1, 0.15) is 0 Å². The number of hydrogen-bond donors (Lipinski definition) is 1. The number of rotatable bonds is 6. The highest BCUT2D eigenvalue weighted by atomic mass is 32.2. The van der Waals surface area contributed by atoms with E-state index in [-0.39, 0.29) is 11.7 Å². The Hall–Kier alpha value is -1.38. The molecular formula is C17H19F6NOS. The van der Waals surface area contributed by atoms with Crippen molar-refractivity contribution < 1.29 is 31.1 Å². The van der Waals surface area contributed by atoms with Crippen LogP contribution in [0.1, 0.15) is 37.8 Å². The van der Waals surface area contributed by atoms with Crippen molar-refractivity contribution in [3.05, 3.63) is 29.3 Å². The quantitative estimate of drug-likeness (QED) is 0.515. The Morgan fingerprint density at radius 1 is 1.08 bits per heavy atom. The molecule has 2 rings (SSSR count). The summed E-state index contributed by atoms with van der Waals surface area (Å²) in [6, 6.07) is 1.98. The summed E-state index contributed by atoms with van der Waals surface area (Å²) >= 11 is 0.412. The molecule has 26 heavy (non-hydrogen) atoms. The minimum atomic E-state index is -4.91. The lowest BCUT2D eigenvalue weighted by atomic mass is 9.95. The summed E-state index contributed by atoms with van der Waals surface area (Å²) in [7, 11) is 0. The van der Waals surface area contributed by atoms with Crippen LogP contribution in [-0.4, -0.2) is 18.2 Å². The highest BCUT2D eigenvalue weighted by molar-refractivity contribution is 7.99. The molecule has 0 spiro atoms. The summed E-state index contributed by atoms with van der Waals surface area (Å²) in [6.45, 7) is 3.50. The van der Waals surface area contributed by atoms with E-state index < -0.39 is 33.8 Å². The van der Waals surface area contributed by atoms with Crippen molar-refractivity contribution in [1.29, 1.82) is 0 Å². The standard InChI is InChI=1S/C17H19F6NOS/c1-15(2,14(25)24-8-10-6-7-10)9-26-13-11(16(18,19)20)4-3-5-12(13)17(21,22)23/h3-5,10H,6-9H2,1-2H3,(H,24,25). The molecule has 0 unspecified atom stereocenters. The third kappa shape index (κ3) is 5.31. The molecule has 1 aliphatic rings. The van der Waals surface area contributed by atoms with E-state index in [0.29, 0.717) is 36.4 Å². The van der Waals surface area contributed by atoms with Crippen LogP contribution < -0.4 is 5.32 Å². The number of alkyl halides is 6. The smallest absolute Gasteiger partial charge is 0.355 e. The van der Waals surface area contributed by atoms with E-state index in [9.17, 15) is 31.1 Å². The molecule has 0 radical (unpaired) electrons. The zero-order valence-electron chi connectivity index (χ0n) is 14.2. The van der Waals surface area contributed by atoms with Crippen LogP contribution in [0.25, 0.3) is 0 Å². The maximum Gasteiger partial charge on any atom is 0.417 e. The Kier molecular flexibility index (Phi) is 5.90. The Bertz CT molecular complexity index is 632. The third-order valence-electron chi connectivity index (χ3n) is 4.07. The minimum absolute atomic E-state index is 0.209. The third-order valence-corrected chi connectivity index (χ3v) is 5.66. The van der Waals surface area contributed by atoms with Gasteiger partial charge >= 0.3 is 12.4 Å². The fourth-order valence-electron chi connectivity index (χ4n) is 2.26. The number of carbonyl (C=O) groups excluding carboxylic acids is 1. The van der Waals surface area contributed by atoms with Gasteiger partial charge in [-0.3, -0.25) is 4.79 Å². The van der Waals surface area contributed by atoms with Gasteiger partial charge < -0.3 is 5.32 Å². The van der Waals surface area contributed by atoms with Crippen LogP contribution in [0.2, 0.25) is 0 Å². The van der Waals surface area contributed by atoms with Crippen LogP contribution in [-0.2, 0) is 17.1 Å². The molecular weight excluding hydrogens is 380 g/mol. The minimum Gasteiger partial charge on any atom is -0.355 e. The predicted octanol–water partition coefficient (Wildman–Crippen LogP) is 5.37. The summed E-state index contributed by atoms with van der Waals surface area (Å²) in [5.74, 6) is -0.167. The van der Waals surface area contributed by atoms with Gasteiger partial charge in [-0.1, -0.05) is 19.9 Å². The van der Waals surface area contributed by atoms with E-state index in [2.05, 4.69) is 5.32 Å². The lowest BCUT2D eigenvalue weighted by Crippen LogP contribution is -2.39. The number of hydrogen-bond acceptors (Lipinski definition) is 2. The summed E-state index contributed by atoms with van der Waals surface area (Å²) in [6.07, 6.45) is -7.79. The molecule has 146 valence electrons. The maximum absolute atomic E-state index is 13.2. The normalized spacial score (nSPS) is 15.8. The van der Waals surface area contributed by atoms with E-state index in [4.69, 9.17) is 0 Å².